The van der Waals surface area contributed by atoms with Gasteiger partial charge in [0.05, 0.1) is 6.10 Å². The van der Waals surface area contributed by atoms with Crippen molar-refractivity contribution in [1.29, 1.82) is 0 Å². The molecule has 0 bridgehead atoms. The van der Waals surface area contributed by atoms with Gasteiger partial charge in [-0.2, -0.15) is 11.8 Å². The summed E-state index contributed by atoms with van der Waals surface area (Å²) >= 11 is 2.18. The zero-order valence-electron chi connectivity index (χ0n) is 11.2. The van der Waals surface area contributed by atoms with Crippen LogP contribution in [0.1, 0.15) is 46.0 Å². The van der Waals surface area contributed by atoms with Gasteiger partial charge in [-0.15, -0.1) is 0 Å². The summed E-state index contributed by atoms with van der Waals surface area (Å²) in [4.78, 5) is 0. The fourth-order valence-electron chi connectivity index (χ4n) is 3.20. The van der Waals surface area contributed by atoms with Gasteiger partial charge < -0.3 is 10.5 Å². The van der Waals surface area contributed by atoms with E-state index in [9.17, 15) is 0 Å². The van der Waals surface area contributed by atoms with Crippen molar-refractivity contribution in [2.75, 3.05) is 13.2 Å². The van der Waals surface area contributed by atoms with Gasteiger partial charge in [0.2, 0.25) is 0 Å². The topological polar surface area (TPSA) is 35.2 Å². The molecule has 2 aliphatic rings. The van der Waals surface area contributed by atoms with Crippen LogP contribution in [0, 0.1) is 11.8 Å². The smallest absolute Gasteiger partial charge is 0.0666 e. The Labute approximate surface area is 110 Å². The molecular formula is C14H27NOS. The van der Waals surface area contributed by atoms with Crippen LogP contribution in [0.3, 0.4) is 0 Å². The van der Waals surface area contributed by atoms with Gasteiger partial charge in [0.15, 0.2) is 0 Å². The van der Waals surface area contributed by atoms with E-state index in [-0.39, 0.29) is 0 Å². The van der Waals surface area contributed by atoms with Crippen molar-refractivity contribution < 1.29 is 4.74 Å². The predicted molar refractivity (Wildman–Crippen MR) is 75.4 cm³/mol. The lowest BCUT2D eigenvalue weighted by atomic mass is 9.80. The predicted octanol–water partition coefficient (Wildman–Crippen LogP) is 3.05. The normalized spacial score (nSPS) is 42.9. The summed E-state index contributed by atoms with van der Waals surface area (Å²) in [5.74, 6) is 1.68. The van der Waals surface area contributed by atoms with Crippen LogP contribution < -0.4 is 5.73 Å². The molecule has 0 spiro atoms. The second kappa shape index (κ2) is 6.44. The molecule has 0 radical (unpaired) electrons. The van der Waals surface area contributed by atoms with E-state index in [0.29, 0.717) is 11.4 Å². The second-order valence-corrected chi connectivity index (χ2v) is 7.14. The first-order valence-electron chi connectivity index (χ1n) is 7.21. The maximum Gasteiger partial charge on any atom is 0.0666 e. The number of rotatable bonds is 4. The van der Waals surface area contributed by atoms with Gasteiger partial charge in [0.1, 0.15) is 0 Å². The third-order valence-corrected chi connectivity index (χ3v) is 6.47. The van der Waals surface area contributed by atoms with E-state index in [0.717, 1.165) is 30.2 Å². The Hall–Kier alpha value is 0.270. The lowest BCUT2D eigenvalue weighted by Gasteiger charge is -2.36. The van der Waals surface area contributed by atoms with E-state index in [2.05, 4.69) is 25.6 Å². The first kappa shape index (κ1) is 13.7. The molecule has 100 valence electrons. The summed E-state index contributed by atoms with van der Waals surface area (Å²) in [5, 5.41) is 1.50. The molecule has 0 aromatic carbocycles. The van der Waals surface area contributed by atoms with Gasteiger partial charge in [0, 0.05) is 17.1 Å². The van der Waals surface area contributed by atoms with E-state index >= 15 is 0 Å². The van der Waals surface area contributed by atoms with Gasteiger partial charge in [-0.25, -0.2) is 0 Å². The minimum atomic E-state index is 0.445. The first-order valence-corrected chi connectivity index (χ1v) is 8.16. The molecule has 1 saturated heterocycles. The fraction of sp³-hybridized carbons (Fsp3) is 1.00. The highest BCUT2D eigenvalue weighted by Gasteiger charge is 2.34. The van der Waals surface area contributed by atoms with Crippen LogP contribution in [-0.4, -0.2) is 29.8 Å². The third kappa shape index (κ3) is 3.39. The van der Waals surface area contributed by atoms with Crippen LogP contribution in [0.2, 0.25) is 0 Å². The summed E-state index contributed by atoms with van der Waals surface area (Å²) < 4.78 is 5.68. The van der Waals surface area contributed by atoms with Gasteiger partial charge in [-0.1, -0.05) is 19.8 Å². The standard InChI is InChI=1S/C14H27NOS/c1-3-11-4-5-12(9-15)14(8-11)17-13-6-7-16-10(13)2/h10-14H,3-9,15H2,1-2H3. The summed E-state index contributed by atoms with van der Waals surface area (Å²) in [6.07, 6.45) is 7.13. The average Bonchev–Trinajstić information content (AvgIpc) is 2.75. The Bertz CT molecular complexity index is 236. The highest BCUT2D eigenvalue weighted by atomic mass is 32.2. The summed E-state index contributed by atoms with van der Waals surface area (Å²) in [7, 11) is 0. The van der Waals surface area contributed by atoms with E-state index in [1.807, 2.05) is 0 Å². The minimum absolute atomic E-state index is 0.445. The van der Waals surface area contributed by atoms with Crippen molar-refractivity contribution >= 4 is 11.8 Å². The molecule has 2 fully saturated rings. The molecule has 1 aliphatic carbocycles. The Morgan fingerprint density at radius 2 is 2.06 bits per heavy atom. The fourth-order valence-corrected chi connectivity index (χ4v) is 5.03. The highest BCUT2D eigenvalue weighted by molar-refractivity contribution is 8.00. The summed E-state index contributed by atoms with van der Waals surface area (Å²) in [6, 6.07) is 0. The Morgan fingerprint density at radius 3 is 2.65 bits per heavy atom. The van der Waals surface area contributed by atoms with Crippen molar-refractivity contribution in [3.05, 3.63) is 0 Å². The molecule has 1 heterocycles. The first-order chi connectivity index (χ1) is 8.24. The quantitative estimate of drug-likeness (QED) is 0.841. The molecule has 1 aliphatic heterocycles. The summed E-state index contributed by atoms with van der Waals surface area (Å²) in [6.45, 7) is 6.38. The number of thioether (sulfide) groups is 1. The van der Waals surface area contributed by atoms with Crippen LogP contribution in [-0.2, 0) is 4.74 Å². The molecule has 3 heteroatoms. The monoisotopic (exact) mass is 257 g/mol. The van der Waals surface area contributed by atoms with E-state index in [1.54, 1.807) is 0 Å². The second-order valence-electron chi connectivity index (χ2n) is 5.66. The lowest BCUT2D eigenvalue weighted by Crippen LogP contribution is -2.34. The molecule has 5 atom stereocenters. The van der Waals surface area contributed by atoms with Gasteiger partial charge in [-0.3, -0.25) is 0 Å². The van der Waals surface area contributed by atoms with Crippen molar-refractivity contribution in [3.63, 3.8) is 0 Å². The number of nitrogens with two attached hydrogens (primary N) is 1. The van der Waals surface area contributed by atoms with E-state index in [1.165, 1.54) is 32.1 Å². The van der Waals surface area contributed by atoms with Crippen LogP contribution in [0.5, 0.6) is 0 Å². The van der Waals surface area contributed by atoms with Crippen LogP contribution >= 0.6 is 11.8 Å². The molecule has 2 N–H and O–H groups in total. The number of hydrogen-bond donors (Lipinski definition) is 1. The molecular weight excluding hydrogens is 230 g/mol. The van der Waals surface area contributed by atoms with Gasteiger partial charge in [-0.05, 0) is 44.6 Å². The largest absolute Gasteiger partial charge is 0.377 e. The van der Waals surface area contributed by atoms with Crippen molar-refractivity contribution in [2.45, 2.75) is 62.6 Å². The molecule has 0 aromatic heterocycles. The van der Waals surface area contributed by atoms with Crippen LogP contribution in [0.4, 0.5) is 0 Å². The molecule has 0 amide bonds. The zero-order chi connectivity index (χ0) is 12.3. The van der Waals surface area contributed by atoms with Crippen molar-refractivity contribution in [2.24, 2.45) is 17.6 Å². The van der Waals surface area contributed by atoms with Crippen LogP contribution in [0.15, 0.2) is 0 Å². The molecule has 2 nitrogen and oxygen atoms in total. The number of hydrogen-bond acceptors (Lipinski definition) is 3. The Kier molecular flexibility index (Phi) is 5.19. The molecule has 17 heavy (non-hydrogen) atoms. The SMILES string of the molecule is CCC1CCC(CN)C(SC2CCOC2C)C1. The zero-order valence-corrected chi connectivity index (χ0v) is 12.0. The van der Waals surface area contributed by atoms with Crippen molar-refractivity contribution in [1.82, 2.24) is 0 Å². The minimum Gasteiger partial charge on any atom is -0.377 e. The van der Waals surface area contributed by atoms with Gasteiger partial charge >= 0.3 is 0 Å². The number of ether oxygens (including phenoxy) is 1. The Balaban J connectivity index is 1.90. The average molecular weight is 257 g/mol. The molecule has 2 rings (SSSR count). The third-order valence-electron chi connectivity index (χ3n) is 4.57. The molecule has 1 saturated carbocycles. The maximum atomic E-state index is 5.94. The van der Waals surface area contributed by atoms with Gasteiger partial charge in [0.25, 0.3) is 0 Å². The Morgan fingerprint density at radius 1 is 1.24 bits per heavy atom. The maximum absolute atomic E-state index is 5.94. The van der Waals surface area contributed by atoms with E-state index < -0.39 is 0 Å². The summed E-state index contributed by atoms with van der Waals surface area (Å²) in [5.41, 5.74) is 5.94. The molecule has 5 unspecified atom stereocenters. The highest BCUT2D eigenvalue weighted by Crippen LogP contribution is 2.41. The van der Waals surface area contributed by atoms with Crippen molar-refractivity contribution in [3.8, 4) is 0 Å². The molecule has 0 aromatic rings. The van der Waals surface area contributed by atoms with E-state index in [4.69, 9.17) is 10.5 Å². The van der Waals surface area contributed by atoms with Crippen LogP contribution in [0.25, 0.3) is 0 Å². The lowest BCUT2D eigenvalue weighted by molar-refractivity contribution is 0.127.